The molecule has 0 fully saturated rings. The van der Waals surface area contributed by atoms with E-state index in [1.165, 1.54) is 140 Å². The number of hydrogen-bond donors (Lipinski definition) is 4. The first-order valence-corrected chi connectivity index (χ1v) is 28.7. The lowest BCUT2D eigenvalue weighted by molar-refractivity contribution is -0.124. The molecular formula is C59H93N5O6S. The van der Waals surface area contributed by atoms with Crippen molar-refractivity contribution in [2.24, 2.45) is 10.1 Å². The minimum absolute atomic E-state index is 0.0577. The normalized spacial score (nSPS) is 13.2. The Morgan fingerprint density at radius 1 is 0.676 bits per heavy atom. The maximum atomic E-state index is 14.0. The lowest BCUT2D eigenvalue weighted by Crippen LogP contribution is -2.49. The molecule has 11 nitrogen and oxygen atoms in total. The van der Waals surface area contributed by atoms with Crippen molar-refractivity contribution >= 4 is 29.9 Å². The molecule has 5 N–H and O–H groups in total. The Balaban J connectivity index is 1.29. The van der Waals surface area contributed by atoms with Gasteiger partial charge in [0.05, 0.1) is 12.7 Å². The number of amides is 2. The Morgan fingerprint density at radius 2 is 1.17 bits per heavy atom. The van der Waals surface area contributed by atoms with E-state index in [1.807, 2.05) is 55.5 Å². The smallest absolute Gasteiger partial charge is 0.407 e. The van der Waals surface area contributed by atoms with E-state index in [1.54, 1.807) is 0 Å². The first kappa shape index (κ1) is 59.5. The van der Waals surface area contributed by atoms with Crippen LogP contribution < -0.4 is 16.4 Å². The maximum Gasteiger partial charge on any atom is 0.407 e. The van der Waals surface area contributed by atoms with Crippen LogP contribution in [0.1, 0.15) is 203 Å². The van der Waals surface area contributed by atoms with Gasteiger partial charge >= 0.3 is 6.09 Å². The summed E-state index contributed by atoms with van der Waals surface area (Å²) < 4.78 is 22.7. The number of guanidine groups is 1. The Hall–Kier alpha value is -4.10. The van der Waals surface area contributed by atoms with Gasteiger partial charge in [-0.1, -0.05) is 221 Å². The average molecular weight is 1000 g/mol. The number of nitrogens with one attached hydrogen (secondary N) is 2. The van der Waals surface area contributed by atoms with Gasteiger partial charge < -0.3 is 30.6 Å². The van der Waals surface area contributed by atoms with Crippen molar-refractivity contribution in [3.63, 3.8) is 0 Å². The first-order valence-electron chi connectivity index (χ1n) is 27.9. The lowest BCUT2D eigenvalue weighted by Gasteiger charge is -2.23. The number of carbonyl (C=O) groups is 2. The molecular weight excluding hydrogens is 907 g/mol. The number of hydrogen-bond acceptors (Lipinski definition) is 8. The van der Waals surface area contributed by atoms with Crippen LogP contribution in [0.2, 0.25) is 0 Å². The molecule has 12 heteroatoms. The van der Waals surface area contributed by atoms with Crippen molar-refractivity contribution in [3.05, 3.63) is 89.5 Å². The molecule has 4 rings (SSSR count). The van der Waals surface area contributed by atoms with Crippen LogP contribution in [0.3, 0.4) is 0 Å². The maximum absolute atomic E-state index is 14.0. The SMILES string of the molecule is CCCCCCCCCCCCCCOCC(CNC(=O)C(CCCN(O)/C(N)=N/Sc1ccc(C)cc1)NC(=O)OCC1c2ccccc2-c2ccccc21)OCCCCCCCCCCCCCC. The zero-order valence-electron chi connectivity index (χ0n) is 44.2. The Labute approximate surface area is 433 Å². The highest BCUT2D eigenvalue weighted by molar-refractivity contribution is 7.98. The second kappa shape index (κ2) is 37.6. The van der Waals surface area contributed by atoms with Crippen molar-refractivity contribution in [2.45, 2.75) is 211 Å². The number of ether oxygens (including phenoxy) is 3. The predicted molar refractivity (Wildman–Crippen MR) is 294 cm³/mol. The number of alkyl carbamates (subject to hydrolysis) is 1. The molecule has 3 aromatic rings. The molecule has 2 atom stereocenters. The van der Waals surface area contributed by atoms with Crippen LogP contribution in [-0.4, -0.2) is 79.9 Å². The zero-order valence-corrected chi connectivity index (χ0v) is 45.0. The van der Waals surface area contributed by atoms with Crippen LogP contribution in [0, 0.1) is 6.92 Å². The molecule has 71 heavy (non-hydrogen) atoms. The average Bonchev–Trinajstić information content (AvgIpc) is 3.70. The zero-order chi connectivity index (χ0) is 50.6. The number of carbonyl (C=O) groups excluding carboxylic acids is 2. The second-order valence-electron chi connectivity index (χ2n) is 19.7. The summed E-state index contributed by atoms with van der Waals surface area (Å²) in [7, 11) is 0. The van der Waals surface area contributed by atoms with E-state index in [2.05, 4.69) is 53.1 Å². The van der Waals surface area contributed by atoms with Crippen LogP contribution >= 0.6 is 11.9 Å². The fourth-order valence-corrected chi connectivity index (χ4v) is 9.86. The Bertz CT molecular complexity index is 1850. The molecule has 0 spiro atoms. The largest absolute Gasteiger partial charge is 0.449 e. The molecule has 0 saturated heterocycles. The molecule has 1 aliphatic carbocycles. The summed E-state index contributed by atoms with van der Waals surface area (Å²) in [6, 6.07) is 23.3. The topological polar surface area (TPSA) is 148 Å². The molecule has 0 heterocycles. The van der Waals surface area contributed by atoms with Crippen molar-refractivity contribution < 1.29 is 29.0 Å². The van der Waals surface area contributed by atoms with Gasteiger partial charge in [-0.2, -0.15) is 4.40 Å². The van der Waals surface area contributed by atoms with E-state index >= 15 is 0 Å². The van der Waals surface area contributed by atoms with Crippen LogP contribution in [0.25, 0.3) is 11.1 Å². The summed E-state index contributed by atoms with van der Waals surface area (Å²) in [5.41, 5.74) is 11.7. The quantitative estimate of drug-likeness (QED) is 0.0143. The minimum atomic E-state index is -0.946. The fourth-order valence-electron chi connectivity index (χ4n) is 9.31. The number of benzene rings is 3. The Morgan fingerprint density at radius 3 is 1.70 bits per heavy atom. The molecule has 2 unspecified atom stereocenters. The van der Waals surface area contributed by atoms with Crippen LogP contribution in [0.4, 0.5) is 4.79 Å². The van der Waals surface area contributed by atoms with Crippen LogP contribution in [0.15, 0.2) is 82.1 Å². The number of aryl methyl sites for hydroxylation is 1. The molecule has 1 aliphatic rings. The number of nitrogens with zero attached hydrogens (tertiary/aromatic N) is 2. The summed E-state index contributed by atoms with van der Waals surface area (Å²) in [5, 5.41) is 17.6. The third-order valence-electron chi connectivity index (χ3n) is 13.6. The van der Waals surface area contributed by atoms with E-state index in [0.717, 1.165) is 63.5 Å². The summed E-state index contributed by atoms with van der Waals surface area (Å²) in [5.74, 6) is -0.543. The standard InChI is InChI=1S/C59H93N5O6S/c1-4-6-8-10-12-14-16-18-20-22-24-30-43-68-46-49(69-44-31-25-23-21-19-17-15-13-11-9-7-5-2)45-61-57(65)56(37-32-42-64(67)58(60)63-71-50-40-38-48(3)39-41-50)62-59(66)70-47-55-53-35-28-26-33-51(53)52-34-27-29-36-54(52)55/h26-29,33-36,38-41,49,55-56,67H,4-25,30-32,37,42-47H2,1-3H3,(H2,60,63)(H,61,65)(H,62,66). The van der Waals surface area contributed by atoms with Crippen LogP contribution in [0.5, 0.6) is 0 Å². The second-order valence-corrected chi connectivity index (χ2v) is 20.6. The Kier molecular flexibility index (Phi) is 31.5. The highest BCUT2D eigenvalue weighted by Gasteiger charge is 2.30. The summed E-state index contributed by atoms with van der Waals surface area (Å²) in [6.45, 7) is 8.63. The fraction of sp³-hybridized carbons (Fsp3) is 0.644. The summed E-state index contributed by atoms with van der Waals surface area (Å²) in [6.07, 6.45) is 30.2. The molecule has 0 saturated carbocycles. The van der Waals surface area contributed by atoms with Crippen molar-refractivity contribution in [1.29, 1.82) is 0 Å². The van der Waals surface area contributed by atoms with E-state index in [4.69, 9.17) is 19.9 Å². The number of rotatable bonds is 41. The van der Waals surface area contributed by atoms with Gasteiger partial charge in [0.15, 0.2) is 0 Å². The van der Waals surface area contributed by atoms with Gasteiger partial charge in [-0.15, -0.1) is 0 Å². The monoisotopic (exact) mass is 1000 g/mol. The molecule has 2 amide bonds. The molecule has 0 aliphatic heterocycles. The van der Waals surface area contributed by atoms with Gasteiger partial charge in [0.25, 0.3) is 0 Å². The van der Waals surface area contributed by atoms with E-state index in [0.29, 0.717) is 26.2 Å². The van der Waals surface area contributed by atoms with Gasteiger partial charge in [0.1, 0.15) is 12.6 Å². The third-order valence-corrected chi connectivity index (χ3v) is 14.4. The number of fused-ring (bicyclic) bond motifs is 3. The molecule has 0 radical (unpaired) electrons. The molecule has 0 bridgehead atoms. The van der Waals surface area contributed by atoms with E-state index in [-0.39, 0.29) is 50.0 Å². The van der Waals surface area contributed by atoms with E-state index < -0.39 is 12.1 Å². The van der Waals surface area contributed by atoms with Gasteiger partial charge in [-0.25, -0.2) is 9.86 Å². The molecule has 396 valence electrons. The van der Waals surface area contributed by atoms with Crippen molar-refractivity contribution in [3.8, 4) is 11.1 Å². The lowest BCUT2D eigenvalue weighted by atomic mass is 9.98. The van der Waals surface area contributed by atoms with Crippen molar-refractivity contribution in [2.75, 3.05) is 39.5 Å². The summed E-state index contributed by atoms with van der Waals surface area (Å²) in [4.78, 5) is 28.5. The minimum Gasteiger partial charge on any atom is -0.449 e. The van der Waals surface area contributed by atoms with Crippen LogP contribution in [-0.2, 0) is 19.0 Å². The van der Waals surface area contributed by atoms with Crippen molar-refractivity contribution in [1.82, 2.24) is 15.7 Å². The highest BCUT2D eigenvalue weighted by Crippen LogP contribution is 2.44. The van der Waals surface area contributed by atoms with Gasteiger partial charge in [-0.3, -0.25) is 10.0 Å². The number of hydroxylamine groups is 2. The van der Waals surface area contributed by atoms with E-state index in [9.17, 15) is 14.8 Å². The number of nitrogens with two attached hydrogens (primary N) is 1. The number of unbranched alkanes of at least 4 members (excludes halogenated alkanes) is 22. The molecule has 3 aromatic carbocycles. The third kappa shape index (κ3) is 24.9. The highest BCUT2D eigenvalue weighted by atomic mass is 32.2. The molecule has 0 aromatic heterocycles. The van der Waals surface area contributed by atoms with Gasteiger partial charge in [0, 0.05) is 49.1 Å². The first-order chi connectivity index (χ1) is 34.8. The van der Waals surface area contributed by atoms with Gasteiger partial charge in [-0.05, 0) is 67.0 Å². The predicted octanol–water partition coefficient (Wildman–Crippen LogP) is 14.6. The van der Waals surface area contributed by atoms with Gasteiger partial charge in [0.2, 0.25) is 11.9 Å². The summed E-state index contributed by atoms with van der Waals surface area (Å²) >= 11 is 1.17.